The van der Waals surface area contributed by atoms with Crippen molar-refractivity contribution < 1.29 is 8.42 Å². The van der Waals surface area contributed by atoms with Gasteiger partial charge in [-0.1, -0.05) is 0 Å². The number of aromatic amines is 1. The maximum absolute atomic E-state index is 11.8. The molecule has 1 aromatic heterocycles. The van der Waals surface area contributed by atoms with Gasteiger partial charge in [0.15, 0.2) is 0 Å². The molecule has 17 heavy (non-hydrogen) atoms. The SMILES string of the molecule is CSCCCCNS(=O)(=O)c1c[nH]c(CN)c1. The van der Waals surface area contributed by atoms with Gasteiger partial charge in [-0.3, -0.25) is 0 Å². The Morgan fingerprint density at radius 1 is 1.47 bits per heavy atom. The number of nitrogens with two attached hydrogens (primary N) is 1. The molecule has 0 fully saturated rings. The predicted octanol–water partition coefficient (Wildman–Crippen LogP) is 0.895. The Bertz CT molecular complexity index is 429. The van der Waals surface area contributed by atoms with E-state index < -0.39 is 10.0 Å². The smallest absolute Gasteiger partial charge is 0.242 e. The molecule has 0 aliphatic rings. The van der Waals surface area contributed by atoms with Gasteiger partial charge in [0.05, 0.1) is 4.90 Å². The van der Waals surface area contributed by atoms with Gasteiger partial charge in [0, 0.05) is 25.0 Å². The van der Waals surface area contributed by atoms with Crippen molar-refractivity contribution in [2.24, 2.45) is 5.73 Å². The molecule has 5 nitrogen and oxygen atoms in total. The number of sulfonamides is 1. The van der Waals surface area contributed by atoms with Crippen molar-refractivity contribution in [3.63, 3.8) is 0 Å². The van der Waals surface area contributed by atoms with E-state index in [1.807, 2.05) is 6.26 Å². The Morgan fingerprint density at radius 2 is 2.24 bits per heavy atom. The van der Waals surface area contributed by atoms with E-state index in [2.05, 4.69) is 9.71 Å². The van der Waals surface area contributed by atoms with Crippen molar-refractivity contribution in [1.82, 2.24) is 9.71 Å². The van der Waals surface area contributed by atoms with Crippen molar-refractivity contribution >= 4 is 21.8 Å². The molecule has 0 amide bonds. The minimum atomic E-state index is -3.38. The lowest BCUT2D eigenvalue weighted by Gasteiger charge is -2.04. The van der Waals surface area contributed by atoms with E-state index in [1.165, 1.54) is 6.20 Å². The van der Waals surface area contributed by atoms with Gasteiger partial charge in [-0.25, -0.2) is 13.1 Å². The monoisotopic (exact) mass is 277 g/mol. The van der Waals surface area contributed by atoms with Crippen LogP contribution < -0.4 is 10.5 Å². The number of nitrogens with one attached hydrogen (secondary N) is 2. The third-order valence-corrected chi connectivity index (χ3v) is 4.45. The molecule has 0 aliphatic carbocycles. The number of thioether (sulfide) groups is 1. The number of H-pyrrole nitrogens is 1. The number of aromatic nitrogens is 1. The zero-order chi connectivity index (χ0) is 12.7. The number of rotatable bonds is 8. The predicted molar refractivity (Wildman–Crippen MR) is 71.5 cm³/mol. The Kier molecular flexibility index (Phi) is 6.04. The Morgan fingerprint density at radius 3 is 2.82 bits per heavy atom. The Balaban J connectivity index is 2.45. The van der Waals surface area contributed by atoms with Crippen LogP contribution in [0.2, 0.25) is 0 Å². The van der Waals surface area contributed by atoms with Crippen molar-refractivity contribution in [3.8, 4) is 0 Å². The number of unbranched alkanes of at least 4 members (excludes halogenated alkanes) is 1. The topological polar surface area (TPSA) is 88.0 Å². The van der Waals surface area contributed by atoms with Crippen molar-refractivity contribution in [2.45, 2.75) is 24.3 Å². The summed E-state index contributed by atoms with van der Waals surface area (Å²) in [5, 5.41) is 0. The molecule has 98 valence electrons. The van der Waals surface area contributed by atoms with Gasteiger partial charge >= 0.3 is 0 Å². The van der Waals surface area contributed by atoms with Crippen molar-refractivity contribution in [1.29, 1.82) is 0 Å². The molecule has 0 unspecified atom stereocenters. The summed E-state index contributed by atoms with van der Waals surface area (Å²) in [7, 11) is -3.38. The van der Waals surface area contributed by atoms with Crippen LogP contribution in [0.5, 0.6) is 0 Å². The van der Waals surface area contributed by atoms with Crippen LogP contribution >= 0.6 is 11.8 Å². The maximum atomic E-state index is 11.8. The second kappa shape index (κ2) is 7.05. The molecule has 0 aliphatic heterocycles. The van der Waals surface area contributed by atoms with Crippen molar-refractivity contribution in [3.05, 3.63) is 18.0 Å². The van der Waals surface area contributed by atoms with Gasteiger partial charge in [-0.15, -0.1) is 0 Å². The maximum Gasteiger partial charge on any atom is 0.242 e. The molecule has 0 spiro atoms. The molecule has 0 atom stereocenters. The third kappa shape index (κ3) is 4.71. The molecule has 0 saturated carbocycles. The molecular formula is C10H19N3O2S2. The van der Waals surface area contributed by atoms with Gasteiger partial charge in [-0.2, -0.15) is 11.8 Å². The van der Waals surface area contributed by atoms with E-state index in [-0.39, 0.29) is 4.90 Å². The first-order chi connectivity index (χ1) is 8.10. The van der Waals surface area contributed by atoms with Crippen LogP contribution in [-0.4, -0.2) is 32.0 Å². The second-order valence-electron chi connectivity index (χ2n) is 3.66. The van der Waals surface area contributed by atoms with E-state index in [0.717, 1.165) is 18.6 Å². The van der Waals surface area contributed by atoms with E-state index in [1.54, 1.807) is 17.8 Å². The quantitative estimate of drug-likeness (QED) is 0.616. The third-order valence-electron chi connectivity index (χ3n) is 2.31. The molecule has 7 heteroatoms. The summed E-state index contributed by atoms with van der Waals surface area (Å²) in [6.45, 7) is 0.787. The van der Waals surface area contributed by atoms with Gasteiger partial charge < -0.3 is 10.7 Å². The minimum Gasteiger partial charge on any atom is -0.363 e. The van der Waals surface area contributed by atoms with Crippen LogP contribution in [0, 0.1) is 0 Å². The molecule has 0 radical (unpaired) electrons. The highest BCUT2D eigenvalue weighted by molar-refractivity contribution is 7.98. The normalized spacial score (nSPS) is 11.9. The van der Waals surface area contributed by atoms with Crippen LogP contribution in [0.25, 0.3) is 0 Å². The standard InChI is InChI=1S/C10H19N3O2S2/c1-16-5-3-2-4-13-17(14,15)10-6-9(7-11)12-8-10/h6,8,12-13H,2-5,7,11H2,1H3. The van der Waals surface area contributed by atoms with Crippen LogP contribution in [0.1, 0.15) is 18.5 Å². The summed E-state index contributed by atoms with van der Waals surface area (Å²) < 4.78 is 26.2. The number of hydrogen-bond acceptors (Lipinski definition) is 4. The fourth-order valence-corrected chi connectivity index (χ4v) is 2.94. The largest absolute Gasteiger partial charge is 0.363 e. The first kappa shape index (κ1) is 14.6. The van der Waals surface area contributed by atoms with Gasteiger partial charge in [0.1, 0.15) is 0 Å². The van der Waals surface area contributed by atoms with Gasteiger partial charge in [0.2, 0.25) is 10.0 Å². The zero-order valence-electron chi connectivity index (χ0n) is 9.90. The van der Waals surface area contributed by atoms with Crippen molar-refractivity contribution in [2.75, 3.05) is 18.6 Å². The Hall–Kier alpha value is -0.500. The van der Waals surface area contributed by atoms with E-state index >= 15 is 0 Å². The average Bonchev–Trinajstić information content (AvgIpc) is 2.78. The summed E-state index contributed by atoms with van der Waals surface area (Å²) in [6.07, 6.45) is 5.38. The van der Waals surface area contributed by atoms with Crippen LogP contribution in [0.3, 0.4) is 0 Å². The van der Waals surface area contributed by atoms with E-state index in [4.69, 9.17) is 5.73 Å². The molecule has 1 rings (SSSR count). The second-order valence-corrected chi connectivity index (χ2v) is 6.41. The van der Waals surface area contributed by atoms with Crippen LogP contribution in [0.4, 0.5) is 0 Å². The summed E-state index contributed by atoms with van der Waals surface area (Å²) >= 11 is 1.77. The molecule has 1 aromatic rings. The molecule has 0 aromatic carbocycles. The molecule has 0 saturated heterocycles. The summed E-state index contributed by atoms with van der Waals surface area (Å²) in [6, 6.07) is 1.56. The van der Waals surface area contributed by atoms with Gasteiger partial charge in [-0.05, 0) is 30.9 Å². The highest BCUT2D eigenvalue weighted by Gasteiger charge is 2.14. The first-order valence-corrected chi connectivity index (χ1v) is 8.34. The van der Waals surface area contributed by atoms with E-state index in [0.29, 0.717) is 18.8 Å². The van der Waals surface area contributed by atoms with Crippen LogP contribution in [-0.2, 0) is 16.6 Å². The highest BCUT2D eigenvalue weighted by Crippen LogP contribution is 2.10. The fraction of sp³-hybridized carbons (Fsp3) is 0.600. The lowest BCUT2D eigenvalue weighted by molar-refractivity contribution is 0.578. The summed E-state index contributed by atoms with van der Waals surface area (Å²) in [5.74, 6) is 1.06. The molecule has 0 bridgehead atoms. The van der Waals surface area contributed by atoms with Crippen LogP contribution in [0.15, 0.2) is 17.2 Å². The summed E-state index contributed by atoms with van der Waals surface area (Å²) in [5.41, 5.74) is 6.13. The first-order valence-electron chi connectivity index (χ1n) is 5.46. The highest BCUT2D eigenvalue weighted by atomic mass is 32.2. The Labute approximate surface area is 107 Å². The summed E-state index contributed by atoms with van der Waals surface area (Å²) in [4.78, 5) is 3.08. The molecule has 1 heterocycles. The van der Waals surface area contributed by atoms with E-state index in [9.17, 15) is 8.42 Å². The molecular weight excluding hydrogens is 258 g/mol. The zero-order valence-corrected chi connectivity index (χ0v) is 11.5. The lowest BCUT2D eigenvalue weighted by atomic mass is 10.3. The minimum absolute atomic E-state index is 0.253. The molecule has 4 N–H and O–H groups in total. The fourth-order valence-electron chi connectivity index (χ4n) is 1.35. The van der Waals surface area contributed by atoms with Gasteiger partial charge in [0.25, 0.3) is 0 Å². The average molecular weight is 277 g/mol. The lowest BCUT2D eigenvalue weighted by Crippen LogP contribution is -2.24. The number of hydrogen-bond donors (Lipinski definition) is 3.